The van der Waals surface area contributed by atoms with Crippen LogP contribution in [0.25, 0.3) is 10.6 Å². The Hall–Kier alpha value is -1.59. The highest BCUT2D eigenvalue weighted by Crippen LogP contribution is 2.25. The largest absolute Gasteiger partial charge is 0.497 e. The molecular weight excluding hydrogens is 296 g/mol. The van der Waals surface area contributed by atoms with Crippen molar-refractivity contribution in [2.24, 2.45) is 0 Å². The van der Waals surface area contributed by atoms with E-state index in [9.17, 15) is 4.79 Å². The van der Waals surface area contributed by atoms with Crippen molar-refractivity contribution in [1.82, 2.24) is 10.3 Å². The van der Waals surface area contributed by atoms with Crippen LogP contribution < -0.4 is 10.1 Å². The maximum atomic E-state index is 11.0. The SMILES string of the molecule is COc1ccc(-c2nc(CCNC(=O)CCl)cs2)cc1. The average Bonchev–Trinajstić information content (AvgIpc) is 2.96. The minimum atomic E-state index is -0.155. The Morgan fingerprint density at radius 1 is 1.40 bits per heavy atom. The molecule has 2 rings (SSSR count). The van der Waals surface area contributed by atoms with Gasteiger partial charge >= 0.3 is 0 Å². The summed E-state index contributed by atoms with van der Waals surface area (Å²) in [6.07, 6.45) is 0.704. The van der Waals surface area contributed by atoms with E-state index in [1.54, 1.807) is 18.4 Å². The molecule has 0 aliphatic heterocycles. The lowest BCUT2D eigenvalue weighted by Gasteiger charge is -2.01. The summed E-state index contributed by atoms with van der Waals surface area (Å²) in [5.74, 6) is 0.667. The van der Waals surface area contributed by atoms with Gasteiger partial charge in [0, 0.05) is 23.9 Å². The van der Waals surface area contributed by atoms with Gasteiger partial charge in [-0.25, -0.2) is 4.98 Å². The van der Waals surface area contributed by atoms with Crippen LogP contribution in [0.5, 0.6) is 5.75 Å². The molecule has 2 aromatic rings. The molecule has 1 aromatic heterocycles. The van der Waals surface area contributed by atoms with Gasteiger partial charge in [0.25, 0.3) is 0 Å². The van der Waals surface area contributed by atoms with Crippen molar-refractivity contribution in [3.63, 3.8) is 0 Å². The molecule has 6 heteroatoms. The summed E-state index contributed by atoms with van der Waals surface area (Å²) in [6, 6.07) is 7.79. The fraction of sp³-hybridized carbons (Fsp3) is 0.286. The van der Waals surface area contributed by atoms with E-state index in [2.05, 4.69) is 10.3 Å². The summed E-state index contributed by atoms with van der Waals surface area (Å²) >= 11 is 7.00. The van der Waals surface area contributed by atoms with Gasteiger partial charge in [0.05, 0.1) is 12.8 Å². The second-order valence-electron chi connectivity index (χ2n) is 4.11. The second kappa shape index (κ2) is 7.26. The number of carbonyl (C=O) groups is 1. The van der Waals surface area contributed by atoms with Crippen LogP contribution in [0.15, 0.2) is 29.6 Å². The molecule has 0 unspecified atom stereocenters. The van der Waals surface area contributed by atoms with Gasteiger partial charge in [-0.3, -0.25) is 4.79 Å². The zero-order valence-electron chi connectivity index (χ0n) is 11.1. The number of hydrogen-bond donors (Lipinski definition) is 1. The van der Waals surface area contributed by atoms with Gasteiger partial charge in [-0.2, -0.15) is 0 Å². The summed E-state index contributed by atoms with van der Waals surface area (Å²) < 4.78 is 5.13. The number of hydrogen-bond acceptors (Lipinski definition) is 4. The van der Waals surface area contributed by atoms with Crippen LogP contribution in [0.2, 0.25) is 0 Å². The van der Waals surface area contributed by atoms with Crippen LogP contribution >= 0.6 is 22.9 Å². The molecule has 0 aliphatic rings. The molecular formula is C14H15ClN2O2S. The number of alkyl halides is 1. The van der Waals surface area contributed by atoms with E-state index in [0.29, 0.717) is 13.0 Å². The molecule has 0 radical (unpaired) electrons. The molecule has 0 aliphatic carbocycles. The summed E-state index contributed by atoms with van der Waals surface area (Å²) in [6.45, 7) is 0.553. The molecule has 0 saturated heterocycles. The number of nitrogens with zero attached hydrogens (tertiary/aromatic N) is 1. The summed E-state index contributed by atoms with van der Waals surface area (Å²) in [5, 5.41) is 5.69. The molecule has 20 heavy (non-hydrogen) atoms. The molecule has 1 amide bonds. The highest BCUT2D eigenvalue weighted by molar-refractivity contribution is 7.13. The van der Waals surface area contributed by atoms with E-state index in [1.807, 2.05) is 29.6 Å². The van der Waals surface area contributed by atoms with Crippen LogP contribution in [0, 0.1) is 0 Å². The van der Waals surface area contributed by atoms with Gasteiger partial charge in [0.1, 0.15) is 16.6 Å². The third kappa shape index (κ3) is 3.95. The highest BCUT2D eigenvalue weighted by Gasteiger charge is 2.05. The van der Waals surface area contributed by atoms with E-state index >= 15 is 0 Å². The first-order valence-corrected chi connectivity index (χ1v) is 7.56. The number of ether oxygens (including phenoxy) is 1. The third-order valence-corrected chi connectivity index (χ3v) is 3.90. The minimum absolute atomic E-state index is 0.00579. The van der Waals surface area contributed by atoms with Crippen LogP contribution in [0.1, 0.15) is 5.69 Å². The first kappa shape index (κ1) is 14.8. The highest BCUT2D eigenvalue weighted by atomic mass is 35.5. The average molecular weight is 311 g/mol. The Morgan fingerprint density at radius 3 is 2.80 bits per heavy atom. The number of halogens is 1. The predicted octanol–water partition coefficient (Wildman–Crippen LogP) is 2.72. The molecule has 4 nitrogen and oxygen atoms in total. The summed E-state index contributed by atoms with van der Waals surface area (Å²) in [5.41, 5.74) is 2.03. The lowest BCUT2D eigenvalue weighted by molar-refractivity contribution is -0.118. The number of aromatic nitrogens is 1. The zero-order chi connectivity index (χ0) is 14.4. The van der Waals surface area contributed by atoms with E-state index in [0.717, 1.165) is 22.0 Å². The van der Waals surface area contributed by atoms with Gasteiger partial charge < -0.3 is 10.1 Å². The standard InChI is InChI=1S/C14H15ClN2O2S/c1-19-12-4-2-10(3-5-12)14-17-11(9-20-14)6-7-16-13(18)8-15/h2-5,9H,6-8H2,1H3,(H,16,18). The van der Waals surface area contributed by atoms with Gasteiger partial charge in [0.15, 0.2) is 0 Å². The van der Waals surface area contributed by atoms with Crippen molar-refractivity contribution in [3.05, 3.63) is 35.3 Å². The maximum Gasteiger partial charge on any atom is 0.234 e. The quantitative estimate of drug-likeness (QED) is 0.835. The van der Waals surface area contributed by atoms with Crippen molar-refractivity contribution in [2.45, 2.75) is 6.42 Å². The Labute approximate surface area is 126 Å². The van der Waals surface area contributed by atoms with Crippen molar-refractivity contribution < 1.29 is 9.53 Å². The number of rotatable bonds is 6. The van der Waals surface area contributed by atoms with E-state index in [4.69, 9.17) is 16.3 Å². The lowest BCUT2D eigenvalue weighted by Crippen LogP contribution is -2.26. The number of nitrogens with one attached hydrogen (secondary N) is 1. The first-order chi connectivity index (χ1) is 9.72. The molecule has 0 saturated carbocycles. The maximum absolute atomic E-state index is 11.0. The number of carbonyl (C=O) groups excluding carboxylic acids is 1. The van der Waals surface area contributed by atoms with E-state index in [1.165, 1.54) is 0 Å². The van der Waals surface area contributed by atoms with Gasteiger partial charge in [-0.15, -0.1) is 22.9 Å². The fourth-order valence-corrected chi connectivity index (χ4v) is 2.62. The van der Waals surface area contributed by atoms with Gasteiger partial charge in [-0.1, -0.05) is 0 Å². The molecule has 1 aromatic carbocycles. The number of methoxy groups -OCH3 is 1. The van der Waals surface area contributed by atoms with E-state index < -0.39 is 0 Å². The zero-order valence-corrected chi connectivity index (χ0v) is 12.6. The Balaban J connectivity index is 1.95. The molecule has 0 atom stereocenters. The van der Waals surface area contributed by atoms with Crippen LogP contribution in [0.3, 0.4) is 0 Å². The van der Waals surface area contributed by atoms with Crippen molar-refractivity contribution in [1.29, 1.82) is 0 Å². The van der Waals surface area contributed by atoms with Gasteiger partial charge in [-0.05, 0) is 24.3 Å². The topological polar surface area (TPSA) is 51.2 Å². The van der Waals surface area contributed by atoms with Crippen LogP contribution in [-0.4, -0.2) is 30.4 Å². The van der Waals surface area contributed by atoms with Gasteiger partial charge in [0.2, 0.25) is 5.91 Å². The number of amides is 1. The Bertz CT molecular complexity index is 569. The molecule has 0 spiro atoms. The summed E-state index contributed by atoms with van der Waals surface area (Å²) in [4.78, 5) is 15.6. The van der Waals surface area contributed by atoms with Crippen LogP contribution in [0.4, 0.5) is 0 Å². The predicted molar refractivity (Wildman–Crippen MR) is 81.5 cm³/mol. The van der Waals surface area contributed by atoms with Crippen LogP contribution in [-0.2, 0) is 11.2 Å². The first-order valence-electron chi connectivity index (χ1n) is 6.14. The Morgan fingerprint density at radius 2 is 2.15 bits per heavy atom. The van der Waals surface area contributed by atoms with Crippen molar-refractivity contribution in [3.8, 4) is 16.3 Å². The van der Waals surface area contributed by atoms with Crippen molar-refractivity contribution in [2.75, 3.05) is 19.5 Å². The normalized spacial score (nSPS) is 10.3. The minimum Gasteiger partial charge on any atom is -0.497 e. The molecule has 0 fully saturated rings. The summed E-state index contributed by atoms with van der Waals surface area (Å²) in [7, 11) is 1.64. The molecule has 0 bridgehead atoms. The second-order valence-corrected chi connectivity index (χ2v) is 5.23. The monoisotopic (exact) mass is 310 g/mol. The number of thiazole rings is 1. The molecule has 106 valence electrons. The Kier molecular flexibility index (Phi) is 5.38. The fourth-order valence-electron chi connectivity index (χ4n) is 1.67. The lowest BCUT2D eigenvalue weighted by atomic mass is 10.2. The molecule has 1 heterocycles. The van der Waals surface area contributed by atoms with Crippen molar-refractivity contribution >= 4 is 28.8 Å². The smallest absolute Gasteiger partial charge is 0.234 e. The third-order valence-electron chi connectivity index (χ3n) is 2.71. The molecule has 1 N–H and O–H groups in total. The van der Waals surface area contributed by atoms with E-state index in [-0.39, 0.29) is 11.8 Å². The number of benzene rings is 1.